The van der Waals surface area contributed by atoms with Crippen LogP contribution in [0.25, 0.3) is 0 Å². The standard InChI is InChI=1S/C27H33F3N4O3/c1-17(2)37-25(36)32-15-26(16-32)19-13-18(3)9-10-21(19)34(24(26)35)14-23-31-20-7-4-5-8-22(20)33(23)12-6-11-27(28,29)30/h9-10,13,17H,4-8,11-12,14-16H2,1-3H3. The Morgan fingerprint density at radius 2 is 1.92 bits per heavy atom. The van der Waals surface area contributed by atoms with E-state index in [9.17, 15) is 22.8 Å². The van der Waals surface area contributed by atoms with Crippen LogP contribution >= 0.6 is 0 Å². The van der Waals surface area contributed by atoms with Crippen molar-refractivity contribution in [1.82, 2.24) is 14.5 Å². The van der Waals surface area contributed by atoms with E-state index in [0.717, 1.165) is 53.9 Å². The number of aryl methyl sites for hydroxylation is 2. The molecule has 2 amide bonds. The number of halogens is 3. The van der Waals surface area contributed by atoms with E-state index in [1.54, 1.807) is 23.6 Å². The quantitative estimate of drug-likeness (QED) is 0.536. The molecule has 3 heterocycles. The molecule has 3 aliphatic rings. The van der Waals surface area contributed by atoms with E-state index in [0.29, 0.717) is 5.82 Å². The number of aromatic nitrogens is 2. The van der Waals surface area contributed by atoms with E-state index in [2.05, 4.69) is 0 Å². The maximum atomic E-state index is 13.9. The van der Waals surface area contributed by atoms with E-state index < -0.39 is 24.1 Å². The zero-order valence-corrected chi connectivity index (χ0v) is 21.5. The molecule has 2 aliphatic heterocycles. The molecule has 0 atom stereocenters. The van der Waals surface area contributed by atoms with Gasteiger partial charge in [-0.15, -0.1) is 0 Å². The molecule has 0 radical (unpaired) electrons. The Bertz CT molecular complexity index is 1210. The number of imidazole rings is 1. The summed E-state index contributed by atoms with van der Waals surface area (Å²) in [4.78, 5) is 34.5. The van der Waals surface area contributed by atoms with E-state index in [1.807, 2.05) is 29.7 Å². The summed E-state index contributed by atoms with van der Waals surface area (Å²) in [5.74, 6) is 0.519. The van der Waals surface area contributed by atoms with E-state index in [-0.39, 0.29) is 44.6 Å². The van der Waals surface area contributed by atoms with Gasteiger partial charge in [-0.25, -0.2) is 9.78 Å². The molecule has 5 rings (SSSR count). The third kappa shape index (κ3) is 4.70. The summed E-state index contributed by atoms with van der Waals surface area (Å²) in [6.07, 6.45) is -2.21. The van der Waals surface area contributed by atoms with Crippen LogP contribution in [0, 0.1) is 6.92 Å². The third-order valence-corrected chi connectivity index (χ3v) is 7.58. The number of carbonyl (C=O) groups excluding carboxylic acids is 2. The maximum absolute atomic E-state index is 13.9. The first kappa shape index (κ1) is 25.6. The number of carbonyl (C=O) groups is 2. The Morgan fingerprint density at radius 3 is 2.62 bits per heavy atom. The normalized spacial score (nSPS) is 18.3. The topological polar surface area (TPSA) is 67.7 Å². The Labute approximate surface area is 214 Å². The average Bonchev–Trinajstić information content (AvgIpc) is 3.24. The Morgan fingerprint density at radius 1 is 1.19 bits per heavy atom. The zero-order valence-electron chi connectivity index (χ0n) is 21.5. The monoisotopic (exact) mass is 518 g/mol. The predicted molar refractivity (Wildman–Crippen MR) is 131 cm³/mol. The van der Waals surface area contributed by atoms with Crippen molar-refractivity contribution in [2.24, 2.45) is 0 Å². The highest BCUT2D eigenvalue weighted by Gasteiger charge is 2.59. The van der Waals surface area contributed by atoms with Crippen LogP contribution in [0.15, 0.2) is 18.2 Å². The Hall–Kier alpha value is -3.04. The lowest BCUT2D eigenvalue weighted by molar-refractivity contribution is -0.136. The molecule has 0 N–H and O–H groups in total. The SMILES string of the molecule is Cc1ccc2c(c1)C1(CN(C(=O)OC(C)C)C1)C(=O)N2Cc1nc2c(n1CCCC(F)(F)F)CCCC2. The third-order valence-electron chi connectivity index (χ3n) is 7.58. The summed E-state index contributed by atoms with van der Waals surface area (Å²) in [5, 5.41) is 0. The molecule has 1 spiro atoms. The minimum absolute atomic E-state index is 0.0279. The van der Waals surface area contributed by atoms with Gasteiger partial charge in [0.05, 0.1) is 18.3 Å². The number of fused-ring (bicyclic) bond motifs is 3. The second-order valence-electron chi connectivity index (χ2n) is 10.8. The number of anilines is 1. The van der Waals surface area contributed by atoms with Gasteiger partial charge in [0.1, 0.15) is 11.2 Å². The first-order chi connectivity index (χ1) is 17.5. The fourth-order valence-corrected chi connectivity index (χ4v) is 5.85. The minimum Gasteiger partial charge on any atom is -0.447 e. The average molecular weight is 519 g/mol. The van der Waals surface area contributed by atoms with Crippen LogP contribution in [-0.2, 0) is 40.9 Å². The van der Waals surface area contributed by atoms with Crippen molar-refractivity contribution in [1.29, 1.82) is 0 Å². The van der Waals surface area contributed by atoms with Crippen molar-refractivity contribution in [2.75, 3.05) is 18.0 Å². The molecule has 0 saturated carbocycles. The molecule has 37 heavy (non-hydrogen) atoms. The Kier molecular flexibility index (Phi) is 6.48. The molecular weight excluding hydrogens is 485 g/mol. The van der Waals surface area contributed by atoms with Crippen molar-refractivity contribution in [2.45, 2.75) is 90.1 Å². The van der Waals surface area contributed by atoms with Crippen LogP contribution in [-0.4, -0.2) is 51.8 Å². The molecule has 10 heteroatoms. The summed E-state index contributed by atoms with van der Waals surface area (Å²) in [6.45, 7) is 6.41. The van der Waals surface area contributed by atoms with E-state index in [4.69, 9.17) is 9.72 Å². The number of benzene rings is 1. The lowest BCUT2D eigenvalue weighted by Gasteiger charge is -2.46. The summed E-state index contributed by atoms with van der Waals surface area (Å²) >= 11 is 0. The molecule has 200 valence electrons. The highest BCUT2D eigenvalue weighted by molar-refractivity contribution is 6.09. The molecule has 2 aromatic rings. The van der Waals surface area contributed by atoms with Gasteiger partial charge >= 0.3 is 12.3 Å². The number of ether oxygens (including phenoxy) is 1. The number of hydrogen-bond acceptors (Lipinski definition) is 4. The van der Waals surface area contributed by atoms with Crippen molar-refractivity contribution in [3.8, 4) is 0 Å². The highest BCUT2D eigenvalue weighted by atomic mass is 19.4. The van der Waals surface area contributed by atoms with Gasteiger partial charge in [0, 0.05) is 37.4 Å². The second kappa shape index (κ2) is 9.36. The first-order valence-electron chi connectivity index (χ1n) is 13.0. The number of likely N-dealkylation sites (tertiary alicyclic amines) is 1. The number of hydrogen-bond donors (Lipinski definition) is 0. The fraction of sp³-hybridized carbons (Fsp3) is 0.593. The lowest BCUT2D eigenvalue weighted by atomic mass is 9.74. The van der Waals surface area contributed by atoms with Gasteiger partial charge in [-0.1, -0.05) is 17.7 Å². The van der Waals surface area contributed by atoms with E-state index in [1.165, 1.54) is 0 Å². The number of alkyl halides is 3. The van der Waals surface area contributed by atoms with Gasteiger partial charge in [-0.3, -0.25) is 4.79 Å². The van der Waals surface area contributed by atoms with Gasteiger partial charge < -0.3 is 19.1 Å². The number of amides is 2. The van der Waals surface area contributed by atoms with E-state index >= 15 is 0 Å². The van der Waals surface area contributed by atoms with Crippen LogP contribution in [0.5, 0.6) is 0 Å². The maximum Gasteiger partial charge on any atom is 0.410 e. The number of nitrogens with zero attached hydrogens (tertiary/aromatic N) is 4. The van der Waals surface area contributed by atoms with Crippen molar-refractivity contribution in [3.05, 3.63) is 46.5 Å². The smallest absolute Gasteiger partial charge is 0.410 e. The van der Waals surface area contributed by atoms with Gasteiger partial charge in [-0.05, 0) is 64.5 Å². The summed E-state index contributed by atoms with van der Waals surface area (Å²) in [5.41, 5.74) is 3.76. The van der Waals surface area contributed by atoms with Gasteiger partial charge in [0.15, 0.2) is 0 Å². The zero-order chi connectivity index (χ0) is 26.5. The van der Waals surface area contributed by atoms with Gasteiger partial charge in [0.25, 0.3) is 0 Å². The molecule has 1 fully saturated rings. The summed E-state index contributed by atoms with van der Waals surface area (Å²) in [6, 6.07) is 5.87. The molecule has 0 bridgehead atoms. The first-order valence-corrected chi connectivity index (χ1v) is 13.0. The highest BCUT2D eigenvalue weighted by Crippen LogP contribution is 2.48. The lowest BCUT2D eigenvalue weighted by Crippen LogP contribution is -2.65. The molecule has 0 unspecified atom stereocenters. The molecular formula is C27H33F3N4O3. The summed E-state index contributed by atoms with van der Waals surface area (Å²) < 4.78 is 45.9. The summed E-state index contributed by atoms with van der Waals surface area (Å²) in [7, 11) is 0. The molecule has 1 aromatic carbocycles. The second-order valence-corrected chi connectivity index (χ2v) is 10.8. The Balaban J connectivity index is 1.43. The van der Waals surface area contributed by atoms with Crippen molar-refractivity contribution < 1.29 is 27.5 Å². The number of rotatable bonds is 6. The van der Waals surface area contributed by atoms with Crippen LogP contribution in [0.3, 0.4) is 0 Å². The van der Waals surface area contributed by atoms with Crippen molar-refractivity contribution >= 4 is 17.7 Å². The predicted octanol–water partition coefficient (Wildman–Crippen LogP) is 5.06. The van der Waals surface area contributed by atoms with Crippen LogP contribution in [0.2, 0.25) is 0 Å². The van der Waals surface area contributed by atoms with Gasteiger partial charge in [0.2, 0.25) is 5.91 Å². The molecule has 1 aliphatic carbocycles. The van der Waals surface area contributed by atoms with Crippen molar-refractivity contribution in [3.63, 3.8) is 0 Å². The largest absolute Gasteiger partial charge is 0.447 e. The van der Waals surface area contributed by atoms with Crippen LogP contribution in [0.4, 0.5) is 23.7 Å². The van der Waals surface area contributed by atoms with Gasteiger partial charge in [-0.2, -0.15) is 13.2 Å². The fourth-order valence-electron chi connectivity index (χ4n) is 5.85. The minimum atomic E-state index is -4.21. The molecule has 1 aromatic heterocycles. The molecule has 7 nitrogen and oxygen atoms in total. The van der Waals surface area contributed by atoms with Crippen LogP contribution < -0.4 is 4.90 Å². The molecule has 1 saturated heterocycles. The van der Waals surface area contributed by atoms with Crippen LogP contribution in [0.1, 0.15) is 67.9 Å².